The molecule has 1 fully saturated rings. The van der Waals surface area contributed by atoms with Crippen LogP contribution in [0, 0.1) is 0 Å². The summed E-state index contributed by atoms with van der Waals surface area (Å²) in [6.07, 6.45) is -0.171. The topological polar surface area (TPSA) is 195 Å². The summed E-state index contributed by atoms with van der Waals surface area (Å²) >= 11 is 0. The fourth-order valence-electron chi connectivity index (χ4n) is 6.15. The second-order valence-corrected chi connectivity index (χ2v) is 11.7. The van der Waals surface area contributed by atoms with Crippen LogP contribution in [0.2, 0.25) is 0 Å². The van der Waals surface area contributed by atoms with Crippen molar-refractivity contribution in [1.82, 2.24) is 15.5 Å². The number of amides is 3. The standard InChI is InChI=1S/C31H31B2N3O10/c37-24-7-1-17(2-8-24)9-22(13-28(38)39)34-30(41)27-12-23(35-29(40)18-3-5-20-15-45-32(43)25(20)10-18)14-36(27)31(42)19-4-6-21-16-46-33(44)26(21)11-19/h1-8,10-11,22-23,27,37,43-44H,9,12-16H2,(H,34,41)(H,35,40)(H,38,39)/t22?,23-,27+/m1/s1. The van der Waals surface area contributed by atoms with Crippen LogP contribution in [0.4, 0.5) is 0 Å². The maximum atomic E-state index is 13.9. The van der Waals surface area contributed by atoms with E-state index in [1.807, 2.05) is 0 Å². The third-order valence-corrected chi connectivity index (χ3v) is 8.51. The van der Waals surface area contributed by atoms with Crippen molar-refractivity contribution >= 4 is 48.9 Å². The average molecular weight is 627 g/mol. The minimum absolute atomic E-state index is 0.0168. The van der Waals surface area contributed by atoms with Gasteiger partial charge >= 0.3 is 20.2 Å². The van der Waals surface area contributed by atoms with E-state index >= 15 is 0 Å². The van der Waals surface area contributed by atoms with Crippen molar-refractivity contribution in [2.24, 2.45) is 0 Å². The average Bonchev–Trinajstić information content (AvgIpc) is 3.74. The second-order valence-electron chi connectivity index (χ2n) is 11.7. The van der Waals surface area contributed by atoms with Crippen molar-refractivity contribution in [1.29, 1.82) is 0 Å². The lowest BCUT2D eigenvalue weighted by molar-refractivity contribution is -0.137. The number of carboxylic acids is 1. The normalized spacial score (nSPS) is 19.0. The van der Waals surface area contributed by atoms with Crippen LogP contribution in [0.5, 0.6) is 5.75 Å². The van der Waals surface area contributed by atoms with Gasteiger partial charge in [-0.2, -0.15) is 0 Å². The van der Waals surface area contributed by atoms with E-state index in [9.17, 15) is 39.4 Å². The number of aromatic hydroxyl groups is 1. The Morgan fingerprint density at radius 2 is 1.50 bits per heavy atom. The zero-order chi connectivity index (χ0) is 32.5. The van der Waals surface area contributed by atoms with Crippen molar-refractivity contribution in [2.45, 2.75) is 50.6 Å². The fraction of sp³-hybridized carbons (Fsp3) is 0.290. The van der Waals surface area contributed by atoms with Gasteiger partial charge < -0.3 is 45.1 Å². The van der Waals surface area contributed by atoms with Gasteiger partial charge in [0.15, 0.2) is 0 Å². The number of carbonyl (C=O) groups is 4. The van der Waals surface area contributed by atoms with Crippen molar-refractivity contribution in [3.05, 3.63) is 88.5 Å². The number of carbonyl (C=O) groups excluding carboxylic acids is 3. The van der Waals surface area contributed by atoms with Gasteiger partial charge in [0.1, 0.15) is 11.8 Å². The molecule has 0 aliphatic carbocycles. The number of hydrogen-bond donors (Lipinski definition) is 6. The summed E-state index contributed by atoms with van der Waals surface area (Å²) in [4.78, 5) is 53.9. The SMILES string of the molecule is O=C(O)CC(Cc1ccc(O)cc1)NC(=O)[C@@H]1C[C@@H](NC(=O)c2ccc3c(c2)B(O)OC3)CN1C(=O)c1ccc2c(c1)B(O)OC2. The summed E-state index contributed by atoms with van der Waals surface area (Å²) < 4.78 is 10.5. The van der Waals surface area contributed by atoms with Gasteiger partial charge in [0.05, 0.1) is 19.6 Å². The second kappa shape index (κ2) is 13.0. The molecule has 3 heterocycles. The van der Waals surface area contributed by atoms with Crippen molar-refractivity contribution in [2.75, 3.05) is 6.54 Å². The number of nitrogens with zero attached hydrogens (tertiary/aromatic N) is 1. The highest BCUT2D eigenvalue weighted by Gasteiger charge is 2.42. The van der Waals surface area contributed by atoms with E-state index < -0.39 is 56.1 Å². The van der Waals surface area contributed by atoms with Gasteiger partial charge in [0, 0.05) is 29.8 Å². The Kier molecular flexibility index (Phi) is 8.82. The Morgan fingerprint density at radius 1 is 0.891 bits per heavy atom. The highest BCUT2D eigenvalue weighted by Crippen LogP contribution is 2.24. The van der Waals surface area contributed by atoms with Crippen LogP contribution < -0.4 is 21.6 Å². The monoisotopic (exact) mass is 627 g/mol. The van der Waals surface area contributed by atoms with Crippen LogP contribution >= 0.6 is 0 Å². The van der Waals surface area contributed by atoms with Gasteiger partial charge in [0.2, 0.25) is 5.91 Å². The molecule has 6 N–H and O–H groups in total. The summed E-state index contributed by atoms with van der Waals surface area (Å²) in [5.74, 6) is -2.64. The maximum Gasteiger partial charge on any atom is 0.491 e. The number of aliphatic carboxylic acids is 1. The molecule has 236 valence electrons. The van der Waals surface area contributed by atoms with Gasteiger partial charge in [-0.3, -0.25) is 19.2 Å². The number of benzene rings is 3. The van der Waals surface area contributed by atoms with Crippen molar-refractivity contribution in [3.8, 4) is 5.75 Å². The molecule has 3 aromatic rings. The van der Waals surface area contributed by atoms with E-state index in [-0.39, 0.29) is 55.9 Å². The third kappa shape index (κ3) is 6.63. The number of hydrogen-bond acceptors (Lipinski definition) is 9. The predicted octanol–water partition coefficient (Wildman–Crippen LogP) is -0.957. The Balaban J connectivity index is 1.23. The molecule has 3 aromatic carbocycles. The number of nitrogens with one attached hydrogen (secondary N) is 2. The molecule has 6 rings (SSSR count). The van der Waals surface area contributed by atoms with Gasteiger partial charge in [0.25, 0.3) is 11.8 Å². The number of rotatable bonds is 9. The molecule has 0 aromatic heterocycles. The molecule has 13 nitrogen and oxygen atoms in total. The third-order valence-electron chi connectivity index (χ3n) is 8.51. The van der Waals surface area contributed by atoms with Gasteiger partial charge in [-0.25, -0.2) is 0 Å². The number of carboxylic acid groups (broad SMARTS) is 1. The molecular formula is C31H31B2N3O10. The zero-order valence-electron chi connectivity index (χ0n) is 24.6. The first-order valence-corrected chi connectivity index (χ1v) is 14.8. The van der Waals surface area contributed by atoms with E-state index in [0.29, 0.717) is 16.5 Å². The highest BCUT2D eigenvalue weighted by atomic mass is 16.5. The molecule has 3 atom stereocenters. The summed E-state index contributed by atoms with van der Waals surface area (Å²) in [5.41, 5.74) is 3.64. The van der Waals surface area contributed by atoms with E-state index in [1.54, 1.807) is 42.5 Å². The molecule has 3 aliphatic heterocycles. The first-order chi connectivity index (χ1) is 22.0. The fourth-order valence-corrected chi connectivity index (χ4v) is 6.15. The molecule has 15 heteroatoms. The van der Waals surface area contributed by atoms with Gasteiger partial charge in [-0.1, -0.05) is 24.3 Å². The molecule has 0 radical (unpaired) electrons. The summed E-state index contributed by atoms with van der Waals surface area (Å²) in [6.45, 7) is 0.416. The summed E-state index contributed by atoms with van der Waals surface area (Å²) in [7, 11) is -2.31. The molecule has 0 bridgehead atoms. The van der Waals surface area contributed by atoms with E-state index in [4.69, 9.17) is 9.31 Å². The molecule has 1 saturated heterocycles. The Labute approximate surface area is 264 Å². The maximum absolute atomic E-state index is 13.9. The van der Waals surface area contributed by atoms with Crippen molar-refractivity contribution < 1.29 is 48.7 Å². The predicted molar refractivity (Wildman–Crippen MR) is 164 cm³/mol. The lowest BCUT2D eigenvalue weighted by Crippen LogP contribution is -2.50. The zero-order valence-corrected chi connectivity index (χ0v) is 24.6. The van der Waals surface area contributed by atoms with Crippen LogP contribution in [-0.4, -0.2) is 87.8 Å². The van der Waals surface area contributed by atoms with Crippen molar-refractivity contribution in [3.63, 3.8) is 0 Å². The molecular weight excluding hydrogens is 596 g/mol. The Bertz CT molecular complexity index is 1690. The van der Waals surface area contributed by atoms with Crippen LogP contribution in [0.1, 0.15) is 50.2 Å². The first kappa shape index (κ1) is 31.3. The smallest absolute Gasteiger partial charge is 0.491 e. The first-order valence-electron chi connectivity index (χ1n) is 14.8. The van der Waals surface area contributed by atoms with Crippen LogP contribution in [-0.2, 0) is 38.5 Å². The van der Waals surface area contributed by atoms with E-state index in [0.717, 1.165) is 11.1 Å². The van der Waals surface area contributed by atoms with Crippen LogP contribution in [0.3, 0.4) is 0 Å². The quantitative estimate of drug-likeness (QED) is 0.161. The number of phenols is 1. The van der Waals surface area contributed by atoms with Crippen LogP contribution in [0.25, 0.3) is 0 Å². The molecule has 1 unspecified atom stereocenters. The van der Waals surface area contributed by atoms with E-state index in [2.05, 4.69) is 10.6 Å². The molecule has 3 aliphatic rings. The Hall–Kier alpha value is -4.69. The largest absolute Gasteiger partial charge is 0.508 e. The molecule has 0 spiro atoms. The lowest BCUT2D eigenvalue weighted by Gasteiger charge is -2.26. The summed E-state index contributed by atoms with van der Waals surface area (Å²) in [6, 6.07) is 13.3. The van der Waals surface area contributed by atoms with Crippen LogP contribution in [0.15, 0.2) is 60.7 Å². The Morgan fingerprint density at radius 3 is 2.13 bits per heavy atom. The number of likely N-dealkylation sites (tertiary alicyclic amines) is 1. The van der Waals surface area contributed by atoms with E-state index in [1.165, 1.54) is 23.1 Å². The van der Waals surface area contributed by atoms with Gasteiger partial charge in [-0.15, -0.1) is 0 Å². The number of phenolic OH excluding ortho intramolecular Hbond substituents is 1. The summed E-state index contributed by atoms with van der Waals surface area (Å²) in [5, 5.41) is 45.1. The lowest BCUT2D eigenvalue weighted by atomic mass is 9.78. The minimum Gasteiger partial charge on any atom is -0.508 e. The molecule has 3 amide bonds. The number of fused-ring (bicyclic) bond motifs is 2. The van der Waals surface area contributed by atoms with Gasteiger partial charge in [-0.05, 0) is 76.9 Å². The minimum atomic E-state index is -1.18. The molecule has 0 saturated carbocycles. The highest BCUT2D eigenvalue weighted by molar-refractivity contribution is 6.62. The molecule has 46 heavy (non-hydrogen) atoms.